The molecule has 0 radical (unpaired) electrons. The second-order valence-corrected chi connectivity index (χ2v) is 11.2. The normalized spacial score (nSPS) is 11.9. The molecular formula is C33H32ClFN6O5. The molecule has 1 heterocycles. The highest BCUT2D eigenvalue weighted by atomic mass is 35.5. The molecule has 1 aromatic heterocycles. The van der Waals surface area contributed by atoms with E-state index in [-0.39, 0.29) is 39.8 Å². The molecule has 0 saturated heterocycles. The largest absolute Gasteiger partial charge is 0.478 e. The number of carboxylic acids is 1. The minimum Gasteiger partial charge on any atom is -0.478 e. The van der Waals surface area contributed by atoms with Crippen LogP contribution in [0.5, 0.6) is 0 Å². The maximum atomic E-state index is 15.0. The lowest BCUT2D eigenvalue weighted by molar-refractivity contribution is -0.125. The van der Waals surface area contributed by atoms with Crippen LogP contribution in [-0.4, -0.2) is 74.3 Å². The van der Waals surface area contributed by atoms with Gasteiger partial charge in [0.2, 0.25) is 5.91 Å². The summed E-state index contributed by atoms with van der Waals surface area (Å²) in [6.07, 6.45) is 4.71. The SMILES string of the molecule is CN(C)CC(=O)CCc1cccc([C@H](NC(=O)/C=C/c2c(-n3cnnn3)ccc(Cl)c2F)C(=O)CCc2ccc(C(=O)O)cc2)c1. The summed E-state index contributed by atoms with van der Waals surface area (Å²) in [7, 11) is 3.64. The van der Waals surface area contributed by atoms with Crippen molar-refractivity contribution in [1.82, 2.24) is 30.4 Å². The van der Waals surface area contributed by atoms with Crippen LogP contribution >= 0.6 is 11.6 Å². The number of aryl methyl sites for hydroxylation is 2. The topological polar surface area (TPSA) is 147 Å². The molecule has 0 fully saturated rings. The number of hydrogen-bond donors (Lipinski definition) is 2. The van der Waals surface area contributed by atoms with Gasteiger partial charge in [0.15, 0.2) is 11.6 Å². The fourth-order valence-corrected chi connectivity index (χ4v) is 4.92. The second-order valence-electron chi connectivity index (χ2n) is 10.8. The molecule has 238 valence electrons. The Morgan fingerprint density at radius 2 is 1.76 bits per heavy atom. The highest BCUT2D eigenvalue weighted by Gasteiger charge is 2.23. The van der Waals surface area contributed by atoms with E-state index in [4.69, 9.17) is 16.7 Å². The first-order valence-electron chi connectivity index (χ1n) is 14.3. The van der Waals surface area contributed by atoms with Gasteiger partial charge in [-0.05, 0) is 84.4 Å². The van der Waals surface area contributed by atoms with Gasteiger partial charge < -0.3 is 15.3 Å². The lowest BCUT2D eigenvalue weighted by atomic mass is 9.95. The summed E-state index contributed by atoms with van der Waals surface area (Å²) in [5, 5.41) is 22.6. The van der Waals surface area contributed by atoms with Crippen molar-refractivity contribution in [2.45, 2.75) is 31.7 Å². The van der Waals surface area contributed by atoms with Crippen LogP contribution < -0.4 is 5.32 Å². The van der Waals surface area contributed by atoms with Crippen molar-refractivity contribution in [3.05, 3.63) is 112 Å². The number of halogens is 2. The Morgan fingerprint density at radius 1 is 1.02 bits per heavy atom. The van der Waals surface area contributed by atoms with Gasteiger partial charge in [0.05, 0.1) is 22.8 Å². The lowest BCUT2D eigenvalue weighted by Gasteiger charge is -2.19. The van der Waals surface area contributed by atoms with Crippen LogP contribution in [0.1, 0.15) is 51.5 Å². The van der Waals surface area contributed by atoms with Gasteiger partial charge in [-0.2, -0.15) is 4.68 Å². The van der Waals surface area contributed by atoms with E-state index in [9.17, 15) is 19.2 Å². The van der Waals surface area contributed by atoms with Gasteiger partial charge in [-0.15, -0.1) is 5.10 Å². The standard InChI is InChI=1S/C33H32ClFN6O5/c1-40(2)19-25(42)12-8-22-4-3-5-24(18-22)32(29(43)16-9-21-6-10-23(11-7-21)33(45)46)37-30(44)17-13-26-28(41-20-36-38-39-41)15-14-27(34)31(26)35/h3-7,10-11,13-15,17-18,20,32H,8-9,12,16,19H2,1-2H3,(H,37,44)(H,45,46)/b17-13+/t32-/m0/s1. The van der Waals surface area contributed by atoms with Gasteiger partial charge in [0.25, 0.3) is 0 Å². The predicted octanol–water partition coefficient (Wildman–Crippen LogP) is 4.29. The van der Waals surface area contributed by atoms with Crippen LogP contribution in [0.3, 0.4) is 0 Å². The van der Waals surface area contributed by atoms with Crippen molar-refractivity contribution >= 4 is 41.1 Å². The fourth-order valence-electron chi connectivity index (χ4n) is 4.75. The van der Waals surface area contributed by atoms with E-state index in [1.807, 2.05) is 20.2 Å². The Kier molecular flexibility index (Phi) is 11.6. The molecule has 0 bridgehead atoms. The lowest BCUT2D eigenvalue weighted by Crippen LogP contribution is -2.33. The number of benzene rings is 3. The minimum atomic E-state index is -1.06. The molecule has 3 aromatic carbocycles. The Hall–Kier alpha value is -5.07. The van der Waals surface area contributed by atoms with E-state index in [2.05, 4.69) is 20.8 Å². The van der Waals surface area contributed by atoms with E-state index in [1.54, 1.807) is 35.2 Å². The minimum absolute atomic E-state index is 0.0352. The van der Waals surface area contributed by atoms with Crippen molar-refractivity contribution in [3.63, 3.8) is 0 Å². The first kappa shape index (κ1) is 33.8. The van der Waals surface area contributed by atoms with E-state index < -0.39 is 23.7 Å². The second kappa shape index (κ2) is 15.8. The molecule has 2 N–H and O–H groups in total. The zero-order chi connectivity index (χ0) is 33.2. The van der Waals surface area contributed by atoms with Gasteiger partial charge >= 0.3 is 5.97 Å². The van der Waals surface area contributed by atoms with Gasteiger partial charge in [-0.25, -0.2) is 9.18 Å². The number of aromatic carboxylic acids is 1. The van der Waals surface area contributed by atoms with Crippen LogP contribution in [0, 0.1) is 5.82 Å². The van der Waals surface area contributed by atoms with Crippen LogP contribution in [0.15, 0.2) is 73.1 Å². The first-order valence-corrected chi connectivity index (χ1v) is 14.7. The molecule has 13 heteroatoms. The molecule has 11 nitrogen and oxygen atoms in total. The van der Waals surface area contributed by atoms with Crippen molar-refractivity contribution < 1.29 is 28.7 Å². The quantitative estimate of drug-likeness (QED) is 0.181. The number of rotatable bonds is 15. The number of nitrogens with one attached hydrogen (secondary N) is 1. The van der Waals surface area contributed by atoms with Gasteiger partial charge in [-0.1, -0.05) is 48.0 Å². The number of ketones is 2. The highest BCUT2D eigenvalue weighted by molar-refractivity contribution is 6.31. The van der Waals surface area contributed by atoms with E-state index in [0.717, 1.165) is 17.2 Å². The average molecular weight is 647 g/mol. The van der Waals surface area contributed by atoms with Crippen LogP contribution in [0.2, 0.25) is 5.02 Å². The first-order chi connectivity index (χ1) is 22.0. The predicted molar refractivity (Wildman–Crippen MR) is 169 cm³/mol. The summed E-state index contributed by atoms with van der Waals surface area (Å²) in [6.45, 7) is 0.318. The highest BCUT2D eigenvalue weighted by Crippen LogP contribution is 2.26. The van der Waals surface area contributed by atoms with Gasteiger partial charge in [0.1, 0.15) is 18.2 Å². The van der Waals surface area contributed by atoms with Crippen LogP contribution in [0.4, 0.5) is 4.39 Å². The zero-order valence-electron chi connectivity index (χ0n) is 25.2. The summed E-state index contributed by atoms with van der Waals surface area (Å²) < 4.78 is 16.2. The molecule has 0 aliphatic carbocycles. The summed E-state index contributed by atoms with van der Waals surface area (Å²) in [5.41, 5.74) is 2.44. The summed E-state index contributed by atoms with van der Waals surface area (Å²) in [6, 6.07) is 15.1. The number of amides is 1. The van der Waals surface area contributed by atoms with Crippen molar-refractivity contribution in [2.75, 3.05) is 20.6 Å². The van der Waals surface area contributed by atoms with Crippen LogP contribution in [0.25, 0.3) is 11.8 Å². The van der Waals surface area contributed by atoms with Crippen molar-refractivity contribution in [1.29, 1.82) is 0 Å². The average Bonchev–Trinajstić information content (AvgIpc) is 3.57. The monoisotopic (exact) mass is 646 g/mol. The Bertz CT molecular complexity index is 1740. The molecule has 0 unspecified atom stereocenters. The number of carbonyl (C=O) groups is 4. The van der Waals surface area contributed by atoms with Crippen LogP contribution in [-0.2, 0) is 27.2 Å². The molecule has 4 aromatic rings. The molecule has 1 amide bonds. The van der Waals surface area contributed by atoms with E-state index >= 15 is 4.39 Å². The number of hydrogen-bond acceptors (Lipinski definition) is 8. The molecule has 0 aliphatic rings. The fraction of sp³-hybridized carbons (Fsp3) is 0.242. The van der Waals surface area contributed by atoms with Crippen molar-refractivity contribution in [2.24, 2.45) is 0 Å². The summed E-state index contributed by atoms with van der Waals surface area (Å²) in [4.78, 5) is 52.1. The number of aromatic nitrogens is 4. The number of nitrogens with zero attached hydrogens (tertiary/aromatic N) is 5. The number of likely N-dealkylation sites (N-methyl/N-ethyl adjacent to an activating group) is 1. The van der Waals surface area contributed by atoms with E-state index in [0.29, 0.717) is 31.4 Å². The third kappa shape index (κ3) is 9.22. The van der Waals surface area contributed by atoms with Gasteiger partial charge in [-0.3, -0.25) is 14.4 Å². The zero-order valence-corrected chi connectivity index (χ0v) is 25.9. The molecular weight excluding hydrogens is 615 g/mol. The molecule has 4 rings (SSSR count). The number of carbonyl (C=O) groups excluding carboxylic acids is 3. The summed E-state index contributed by atoms with van der Waals surface area (Å²) >= 11 is 5.99. The number of Topliss-reactive ketones (excluding diaryl/α,β-unsaturated/α-hetero) is 2. The Labute approximate surface area is 269 Å². The molecule has 46 heavy (non-hydrogen) atoms. The number of tetrazole rings is 1. The number of carboxylic acid groups (broad SMARTS) is 1. The maximum absolute atomic E-state index is 15.0. The van der Waals surface area contributed by atoms with Gasteiger partial charge in [0, 0.05) is 24.5 Å². The molecule has 0 spiro atoms. The molecule has 1 atom stereocenters. The summed E-state index contributed by atoms with van der Waals surface area (Å²) in [5.74, 6) is -2.73. The molecule has 0 aliphatic heterocycles. The molecule has 0 saturated carbocycles. The van der Waals surface area contributed by atoms with E-state index in [1.165, 1.54) is 41.4 Å². The Morgan fingerprint density at radius 3 is 2.43 bits per heavy atom. The Balaban J connectivity index is 1.57. The van der Waals surface area contributed by atoms with Crippen molar-refractivity contribution in [3.8, 4) is 5.69 Å². The smallest absolute Gasteiger partial charge is 0.335 e. The maximum Gasteiger partial charge on any atom is 0.335 e. The third-order valence-corrected chi connectivity index (χ3v) is 7.34. The third-order valence-electron chi connectivity index (χ3n) is 7.05.